The third-order valence-electron chi connectivity index (χ3n) is 4.81. The summed E-state index contributed by atoms with van der Waals surface area (Å²) < 4.78 is 7.49. The highest BCUT2D eigenvalue weighted by Gasteiger charge is 2.13. The van der Waals surface area contributed by atoms with Crippen molar-refractivity contribution in [3.8, 4) is 11.4 Å². The summed E-state index contributed by atoms with van der Waals surface area (Å²) >= 11 is 2.16. The van der Waals surface area contributed by atoms with Crippen LogP contribution >= 0.6 is 22.6 Å². The molecular formula is C25H19IN2O4. The largest absolute Gasteiger partial charge is 0.508 e. The molecule has 0 atom stereocenters. The Hall–Kier alpha value is -3.46. The van der Waals surface area contributed by atoms with Crippen molar-refractivity contribution in [3.05, 3.63) is 97.6 Å². The number of aromatic nitrogens is 2. The van der Waals surface area contributed by atoms with Crippen LogP contribution < -0.4 is 5.56 Å². The second kappa shape index (κ2) is 9.35. The van der Waals surface area contributed by atoms with Gasteiger partial charge in [0.2, 0.25) is 0 Å². The van der Waals surface area contributed by atoms with Crippen LogP contribution in [0.5, 0.6) is 5.75 Å². The van der Waals surface area contributed by atoms with Crippen molar-refractivity contribution in [2.75, 3.05) is 6.61 Å². The molecule has 0 spiro atoms. The first kappa shape index (κ1) is 21.8. The van der Waals surface area contributed by atoms with Crippen molar-refractivity contribution >= 4 is 51.6 Å². The van der Waals surface area contributed by atoms with Gasteiger partial charge in [-0.2, -0.15) is 0 Å². The minimum atomic E-state index is -0.412. The highest BCUT2D eigenvalue weighted by Crippen LogP contribution is 2.19. The van der Waals surface area contributed by atoms with Gasteiger partial charge in [0.05, 0.1) is 28.8 Å². The van der Waals surface area contributed by atoms with E-state index >= 15 is 0 Å². The summed E-state index contributed by atoms with van der Waals surface area (Å²) in [4.78, 5) is 30.1. The zero-order chi connectivity index (χ0) is 22.7. The molecule has 4 aromatic rings. The minimum absolute atomic E-state index is 0.180. The maximum atomic E-state index is 13.4. The van der Waals surface area contributed by atoms with E-state index in [-0.39, 0.29) is 11.3 Å². The quantitative estimate of drug-likeness (QED) is 0.285. The summed E-state index contributed by atoms with van der Waals surface area (Å²) in [5.74, 6) is 0.213. The van der Waals surface area contributed by atoms with Gasteiger partial charge >= 0.3 is 5.97 Å². The van der Waals surface area contributed by atoms with E-state index in [1.54, 1.807) is 61.5 Å². The lowest BCUT2D eigenvalue weighted by atomic mass is 10.1. The van der Waals surface area contributed by atoms with E-state index in [0.29, 0.717) is 34.6 Å². The summed E-state index contributed by atoms with van der Waals surface area (Å²) in [5.41, 5.74) is 2.24. The second-order valence-electron chi connectivity index (χ2n) is 6.96. The van der Waals surface area contributed by atoms with E-state index in [0.717, 1.165) is 9.13 Å². The first-order valence-electron chi connectivity index (χ1n) is 9.93. The first-order valence-corrected chi connectivity index (χ1v) is 11.0. The topological polar surface area (TPSA) is 81.4 Å². The Morgan fingerprint density at radius 3 is 2.47 bits per heavy atom. The molecule has 0 aliphatic rings. The fourth-order valence-electron chi connectivity index (χ4n) is 3.25. The van der Waals surface area contributed by atoms with Gasteiger partial charge in [-0.25, -0.2) is 9.78 Å². The summed E-state index contributed by atoms with van der Waals surface area (Å²) in [6.45, 7) is 2.04. The van der Waals surface area contributed by atoms with Crippen molar-refractivity contribution in [3.63, 3.8) is 0 Å². The lowest BCUT2D eigenvalue weighted by Gasteiger charge is -2.12. The standard InChI is InChI=1S/C25H19IN2O4/c1-2-32-25(31)17-6-9-19(10-7-17)28-23(14-5-16-3-11-20(29)12-4-16)27-22-13-8-18(26)15-21(22)24(28)30/h3-15,29H,2H2,1H3/b14-5+. The van der Waals surface area contributed by atoms with E-state index < -0.39 is 5.97 Å². The summed E-state index contributed by atoms with van der Waals surface area (Å²) in [5, 5.41) is 10.00. The third kappa shape index (κ3) is 4.57. The molecule has 1 N–H and O–H groups in total. The maximum absolute atomic E-state index is 13.4. The number of esters is 1. The molecule has 0 radical (unpaired) electrons. The molecule has 0 unspecified atom stereocenters. The van der Waals surface area contributed by atoms with Gasteiger partial charge in [-0.15, -0.1) is 0 Å². The van der Waals surface area contributed by atoms with Crippen LogP contribution in [0.2, 0.25) is 0 Å². The highest BCUT2D eigenvalue weighted by molar-refractivity contribution is 14.1. The van der Waals surface area contributed by atoms with E-state index in [2.05, 4.69) is 22.6 Å². The van der Waals surface area contributed by atoms with E-state index in [9.17, 15) is 14.7 Å². The number of halogens is 1. The number of aromatic hydroxyl groups is 1. The lowest BCUT2D eigenvalue weighted by Crippen LogP contribution is -2.22. The minimum Gasteiger partial charge on any atom is -0.508 e. The van der Waals surface area contributed by atoms with E-state index in [1.807, 2.05) is 24.3 Å². The molecule has 0 saturated carbocycles. The molecule has 0 bridgehead atoms. The van der Waals surface area contributed by atoms with E-state index in [4.69, 9.17) is 9.72 Å². The van der Waals surface area contributed by atoms with Gasteiger partial charge in [-0.3, -0.25) is 9.36 Å². The lowest BCUT2D eigenvalue weighted by molar-refractivity contribution is 0.0526. The highest BCUT2D eigenvalue weighted by atomic mass is 127. The SMILES string of the molecule is CCOC(=O)c1ccc(-n2c(/C=C/c3ccc(O)cc3)nc3ccc(I)cc3c2=O)cc1. The van der Waals surface area contributed by atoms with Crippen LogP contribution in [0, 0.1) is 3.57 Å². The predicted molar refractivity (Wildman–Crippen MR) is 133 cm³/mol. The third-order valence-corrected chi connectivity index (χ3v) is 5.48. The Labute approximate surface area is 198 Å². The normalized spacial score (nSPS) is 11.2. The molecule has 1 heterocycles. The van der Waals surface area contributed by atoms with Crippen LogP contribution in [0.3, 0.4) is 0 Å². The van der Waals surface area contributed by atoms with Crippen LogP contribution in [0.4, 0.5) is 0 Å². The van der Waals surface area contributed by atoms with Crippen LogP contribution in [0.25, 0.3) is 28.7 Å². The molecule has 3 aromatic carbocycles. The average Bonchev–Trinajstić information content (AvgIpc) is 2.79. The van der Waals surface area contributed by atoms with Gasteiger partial charge in [0.15, 0.2) is 0 Å². The van der Waals surface area contributed by atoms with Crippen LogP contribution in [0.15, 0.2) is 71.5 Å². The summed E-state index contributed by atoms with van der Waals surface area (Å²) in [6.07, 6.45) is 3.58. The summed E-state index contributed by atoms with van der Waals surface area (Å²) in [7, 11) is 0. The van der Waals surface area contributed by atoms with Gasteiger partial charge in [0.25, 0.3) is 5.56 Å². The number of hydrogen-bond donors (Lipinski definition) is 1. The zero-order valence-corrected chi connectivity index (χ0v) is 19.3. The van der Waals surface area contributed by atoms with Gasteiger partial charge in [-0.05, 0) is 95.8 Å². The van der Waals surface area contributed by atoms with Crippen LogP contribution in [-0.2, 0) is 4.74 Å². The number of ether oxygens (including phenoxy) is 1. The van der Waals surface area contributed by atoms with Crippen molar-refractivity contribution in [2.24, 2.45) is 0 Å². The Bertz CT molecular complexity index is 1370. The van der Waals surface area contributed by atoms with E-state index in [1.165, 1.54) is 4.57 Å². The molecule has 6 nitrogen and oxygen atoms in total. The Balaban J connectivity index is 1.86. The number of hydrogen-bond acceptors (Lipinski definition) is 5. The molecule has 0 amide bonds. The Morgan fingerprint density at radius 2 is 1.78 bits per heavy atom. The number of rotatable bonds is 5. The number of fused-ring (bicyclic) bond motifs is 1. The maximum Gasteiger partial charge on any atom is 0.338 e. The molecule has 4 rings (SSSR count). The Morgan fingerprint density at radius 1 is 1.06 bits per heavy atom. The molecule has 32 heavy (non-hydrogen) atoms. The van der Waals surface area contributed by atoms with Crippen molar-refractivity contribution in [1.82, 2.24) is 9.55 Å². The molecule has 0 fully saturated rings. The molecule has 0 aliphatic heterocycles. The van der Waals surface area contributed by atoms with Crippen molar-refractivity contribution < 1.29 is 14.6 Å². The number of nitrogens with zero attached hydrogens (tertiary/aromatic N) is 2. The van der Waals surface area contributed by atoms with Crippen LogP contribution in [-0.4, -0.2) is 27.2 Å². The predicted octanol–water partition coefficient (Wildman–Crippen LogP) is 5.04. The van der Waals surface area contributed by atoms with Crippen molar-refractivity contribution in [1.29, 1.82) is 0 Å². The monoisotopic (exact) mass is 538 g/mol. The Kier molecular flexibility index (Phi) is 6.36. The number of carbonyl (C=O) groups is 1. The number of carbonyl (C=O) groups excluding carboxylic acids is 1. The molecule has 1 aromatic heterocycles. The van der Waals surface area contributed by atoms with Crippen LogP contribution in [0.1, 0.15) is 28.7 Å². The first-order chi connectivity index (χ1) is 15.5. The molecule has 160 valence electrons. The fourth-order valence-corrected chi connectivity index (χ4v) is 3.74. The molecule has 7 heteroatoms. The summed E-state index contributed by atoms with van der Waals surface area (Å²) in [6, 6.07) is 18.9. The molecular weight excluding hydrogens is 519 g/mol. The average molecular weight is 538 g/mol. The van der Waals surface area contributed by atoms with Gasteiger partial charge in [-0.1, -0.05) is 18.2 Å². The smallest absolute Gasteiger partial charge is 0.338 e. The van der Waals surface area contributed by atoms with Gasteiger partial charge in [0.1, 0.15) is 11.6 Å². The molecule has 0 saturated heterocycles. The number of phenols is 1. The van der Waals surface area contributed by atoms with Gasteiger partial charge in [0, 0.05) is 3.57 Å². The fraction of sp³-hybridized carbons (Fsp3) is 0.0800. The van der Waals surface area contributed by atoms with Gasteiger partial charge < -0.3 is 9.84 Å². The second-order valence-corrected chi connectivity index (χ2v) is 8.21. The number of benzene rings is 3. The zero-order valence-electron chi connectivity index (χ0n) is 17.2. The number of phenolic OH excluding ortho intramolecular Hbond substituents is 1. The van der Waals surface area contributed by atoms with Crippen molar-refractivity contribution in [2.45, 2.75) is 6.92 Å². The molecule has 0 aliphatic carbocycles.